The van der Waals surface area contributed by atoms with Crippen LogP contribution in [0.15, 0.2) is 41.3 Å². The van der Waals surface area contributed by atoms with Gasteiger partial charge in [-0.2, -0.15) is 0 Å². The SMILES string of the molecule is Cc1ncc(I)c(=O)n1CC(=O)NCc1ccccc1. The lowest BCUT2D eigenvalue weighted by molar-refractivity contribution is -0.121. The Morgan fingerprint density at radius 1 is 1.35 bits per heavy atom. The highest BCUT2D eigenvalue weighted by atomic mass is 127. The molecule has 1 aromatic heterocycles. The number of aryl methyl sites for hydroxylation is 1. The molecule has 1 heterocycles. The zero-order valence-electron chi connectivity index (χ0n) is 11.0. The highest BCUT2D eigenvalue weighted by Crippen LogP contribution is 1.99. The molecule has 2 rings (SSSR count). The lowest BCUT2D eigenvalue weighted by atomic mass is 10.2. The largest absolute Gasteiger partial charge is 0.350 e. The fourth-order valence-corrected chi connectivity index (χ4v) is 2.16. The van der Waals surface area contributed by atoms with Gasteiger partial charge in [0, 0.05) is 12.7 Å². The number of benzene rings is 1. The van der Waals surface area contributed by atoms with E-state index in [1.165, 1.54) is 10.8 Å². The first-order valence-electron chi connectivity index (χ1n) is 6.10. The lowest BCUT2D eigenvalue weighted by Gasteiger charge is -2.10. The van der Waals surface area contributed by atoms with Gasteiger partial charge in [0.05, 0.1) is 3.57 Å². The molecular weight excluding hydrogens is 369 g/mol. The molecule has 0 aliphatic rings. The van der Waals surface area contributed by atoms with E-state index in [-0.39, 0.29) is 18.0 Å². The first kappa shape index (κ1) is 14.7. The predicted octanol–water partition coefficient (Wildman–Crippen LogP) is 1.47. The number of rotatable bonds is 4. The molecule has 1 N–H and O–H groups in total. The fraction of sp³-hybridized carbons (Fsp3) is 0.214. The lowest BCUT2D eigenvalue weighted by Crippen LogP contribution is -2.34. The normalized spacial score (nSPS) is 10.3. The van der Waals surface area contributed by atoms with Crippen molar-refractivity contribution in [1.29, 1.82) is 0 Å². The molecule has 2 aromatic rings. The maximum Gasteiger partial charge on any atom is 0.267 e. The average molecular weight is 383 g/mol. The molecule has 0 radical (unpaired) electrons. The second-order valence-electron chi connectivity index (χ2n) is 4.31. The van der Waals surface area contributed by atoms with Crippen molar-refractivity contribution in [2.24, 2.45) is 0 Å². The van der Waals surface area contributed by atoms with Gasteiger partial charge in [0.1, 0.15) is 12.4 Å². The molecule has 0 aliphatic carbocycles. The van der Waals surface area contributed by atoms with E-state index >= 15 is 0 Å². The van der Waals surface area contributed by atoms with E-state index in [1.54, 1.807) is 6.92 Å². The maximum atomic E-state index is 11.9. The third-order valence-corrected chi connectivity index (χ3v) is 3.58. The predicted molar refractivity (Wildman–Crippen MR) is 84.2 cm³/mol. The highest BCUT2D eigenvalue weighted by Gasteiger charge is 2.09. The Morgan fingerprint density at radius 2 is 2.05 bits per heavy atom. The van der Waals surface area contributed by atoms with Crippen LogP contribution in [-0.2, 0) is 17.9 Å². The van der Waals surface area contributed by atoms with Crippen molar-refractivity contribution in [3.8, 4) is 0 Å². The highest BCUT2D eigenvalue weighted by molar-refractivity contribution is 14.1. The van der Waals surface area contributed by atoms with Crippen molar-refractivity contribution in [3.63, 3.8) is 0 Å². The fourth-order valence-electron chi connectivity index (χ4n) is 1.73. The van der Waals surface area contributed by atoms with Gasteiger partial charge in [-0.3, -0.25) is 14.2 Å². The molecule has 0 bridgehead atoms. The summed E-state index contributed by atoms with van der Waals surface area (Å²) in [5.74, 6) is 0.327. The van der Waals surface area contributed by atoms with Crippen molar-refractivity contribution < 1.29 is 4.79 Å². The summed E-state index contributed by atoms with van der Waals surface area (Å²) < 4.78 is 1.88. The summed E-state index contributed by atoms with van der Waals surface area (Å²) in [5.41, 5.74) is 0.832. The quantitative estimate of drug-likeness (QED) is 0.814. The van der Waals surface area contributed by atoms with E-state index in [1.807, 2.05) is 52.9 Å². The summed E-state index contributed by atoms with van der Waals surface area (Å²) in [4.78, 5) is 27.9. The maximum absolute atomic E-state index is 11.9. The molecule has 0 spiro atoms. The molecular formula is C14H14IN3O2. The summed E-state index contributed by atoms with van der Waals surface area (Å²) in [6, 6.07) is 9.63. The molecule has 1 amide bonds. The minimum atomic E-state index is -0.206. The van der Waals surface area contributed by atoms with E-state index in [4.69, 9.17) is 0 Å². The van der Waals surface area contributed by atoms with E-state index in [9.17, 15) is 9.59 Å². The van der Waals surface area contributed by atoms with Gasteiger partial charge in [-0.15, -0.1) is 0 Å². The van der Waals surface area contributed by atoms with Crippen molar-refractivity contribution in [2.45, 2.75) is 20.0 Å². The van der Waals surface area contributed by atoms with Gasteiger partial charge in [-0.05, 0) is 35.1 Å². The minimum absolute atomic E-state index is 0.0126. The molecule has 20 heavy (non-hydrogen) atoms. The van der Waals surface area contributed by atoms with E-state index in [0.29, 0.717) is 15.9 Å². The summed E-state index contributed by atoms with van der Waals surface area (Å²) in [6.45, 7) is 2.15. The Balaban J connectivity index is 2.02. The van der Waals surface area contributed by atoms with E-state index in [0.717, 1.165) is 5.56 Å². The molecule has 0 aliphatic heterocycles. The van der Waals surface area contributed by atoms with E-state index < -0.39 is 0 Å². The number of hydrogen-bond donors (Lipinski definition) is 1. The van der Waals surface area contributed by atoms with Gasteiger partial charge in [-0.25, -0.2) is 4.98 Å². The summed E-state index contributed by atoms with van der Waals surface area (Å²) in [7, 11) is 0. The van der Waals surface area contributed by atoms with Crippen LogP contribution in [-0.4, -0.2) is 15.5 Å². The van der Waals surface area contributed by atoms with Gasteiger partial charge in [0.25, 0.3) is 5.56 Å². The van der Waals surface area contributed by atoms with Crippen LogP contribution in [0.5, 0.6) is 0 Å². The van der Waals surface area contributed by atoms with Gasteiger partial charge in [0.2, 0.25) is 5.91 Å². The zero-order chi connectivity index (χ0) is 14.5. The summed E-state index contributed by atoms with van der Waals surface area (Å²) in [5, 5.41) is 2.79. The molecule has 6 heteroatoms. The van der Waals surface area contributed by atoms with Crippen molar-refractivity contribution in [3.05, 3.63) is 61.8 Å². The van der Waals surface area contributed by atoms with Crippen LogP contribution in [0.3, 0.4) is 0 Å². The van der Waals surface area contributed by atoms with Crippen molar-refractivity contribution in [2.75, 3.05) is 0 Å². The molecule has 5 nitrogen and oxygen atoms in total. The third kappa shape index (κ3) is 3.66. The number of hydrogen-bond acceptors (Lipinski definition) is 3. The molecule has 0 fully saturated rings. The Hall–Kier alpha value is -1.70. The van der Waals surface area contributed by atoms with Gasteiger partial charge < -0.3 is 5.32 Å². The summed E-state index contributed by atoms with van der Waals surface area (Å²) >= 11 is 1.92. The molecule has 1 aromatic carbocycles. The van der Waals surface area contributed by atoms with Crippen LogP contribution in [0, 0.1) is 10.5 Å². The topological polar surface area (TPSA) is 64.0 Å². The van der Waals surface area contributed by atoms with E-state index in [2.05, 4.69) is 10.3 Å². The molecule has 0 saturated heterocycles. The van der Waals surface area contributed by atoms with Gasteiger partial charge in [-0.1, -0.05) is 30.3 Å². The van der Waals surface area contributed by atoms with Gasteiger partial charge >= 0.3 is 0 Å². The van der Waals surface area contributed by atoms with Crippen LogP contribution < -0.4 is 10.9 Å². The van der Waals surface area contributed by atoms with Crippen LogP contribution >= 0.6 is 22.6 Å². The number of carbonyl (C=O) groups excluding carboxylic acids is 1. The Kier molecular flexibility index (Phi) is 4.89. The minimum Gasteiger partial charge on any atom is -0.350 e. The van der Waals surface area contributed by atoms with Crippen molar-refractivity contribution >= 4 is 28.5 Å². The Bertz CT molecular complexity index is 668. The number of nitrogens with one attached hydrogen (secondary N) is 1. The van der Waals surface area contributed by atoms with Crippen LogP contribution in [0.1, 0.15) is 11.4 Å². The molecule has 0 unspecified atom stereocenters. The van der Waals surface area contributed by atoms with Crippen LogP contribution in [0.2, 0.25) is 0 Å². The number of halogens is 1. The summed E-state index contributed by atoms with van der Waals surface area (Å²) in [6.07, 6.45) is 1.51. The average Bonchev–Trinajstić information content (AvgIpc) is 2.46. The Labute approximate surface area is 130 Å². The van der Waals surface area contributed by atoms with Gasteiger partial charge in [0.15, 0.2) is 0 Å². The second kappa shape index (κ2) is 6.65. The number of nitrogens with zero attached hydrogens (tertiary/aromatic N) is 2. The molecule has 0 atom stereocenters. The number of aromatic nitrogens is 2. The smallest absolute Gasteiger partial charge is 0.267 e. The van der Waals surface area contributed by atoms with Crippen LogP contribution in [0.4, 0.5) is 0 Å². The first-order chi connectivity index (χ1) is 9.58. The number of carbonyl (C=O) groups is 1. The molecule has 0 saturated carbocycles. The monoisotopic (exact) mass is 383 g/mol. The van der Waals surface area contributed by atoms with Crippen LogP contribution in [0.25, 0.3) is 0 Å². The standard InChI is InChI=1S/C14H14IN3O2/c1-10-16-8-12(15)14(20)18(10)9-13(19)17-7-11-5-3-2-4-6-11/h2-6,8H,7,9H2,1H3,(H,17,19). The van der Waals surface area contributed by atoms with Crippen molar-refractivity contribution in [1.82, 2.24) is 14.9 Å². The number of amides is 1. The second-order valence-corrected chi connectivity index (χ2v) is 5.47. The molecule has 104 valence electrons. The first-order valence-corrected chi connectivity index (χ1v) is 7.18. The Morgan fingerprint density at radius 3 is 2.75 bits per heavy atom. The third-order valence-electron chi connectivity index (χ3n) is 2.84. The zero-order valence-corrected chi connectivity index (χ0v) is 13.1.